The Morgan fingerprint density at radius 2 is 1.15 bits per heavy atom. The van der Waals surface area contributed by atoms with Crippen LogP contribution in [0, 0.1) is 41.5 Å². The monoisotopic (exact) mass is 760 g/mol. The van der Waals surface area contributed by atoms with Crippen molar-refractivity contribution < 1.29 is 4.74 Å². The van der Waals surface area contributed by atoms with Crippen molar-refractivity contribution in [1.29, 1.82) is 0 Å². The second kappa shape index (κ2) is 11.8. The molecule has 0 amide bonds. The minimum absolute atomic E-state index is 0.0537. The van der Waals surface area contributed by atoms with E-state index in [1.165, 1.54) is 127 Å². The van der Waals surface area contributed by atoms with Crippen molar-refractivity contribution in [3.63, 3.8) is 0 Å². The fourth-order valence-electron chi connectivity index (χ4n) is 11.7. The van der Waals surface area contributed by atoms with Gasteiger partial charge in [-0.25, -0.2) is 0 Å². The molecule has 2 aliphatic heterocycles. The highest BCUT2D eigenvalue weighted by molar-refractivity contribution is 6.99. The Morgan fingerprint density at radius 1 is 0.542 bits per heavy atom. The highest BCUT2D eigenvalue weighted by atomic mass is 16.5. The molecule has 4 heteroatoms. The minimum Gasteiger partial charge on any atom is -0.458 e. The lowest BCUT2D eigenvalue weighted by Gasteiger charge is -2.34. The molecular formula is C55H45BN2O. The maximum absolute atomic E-state index is 7.07. The topological polar surface area (TPSA) is 17.4 Å². The zero-order chi connectivity index (χ0) is 40.2. The molecule has 0 spiro atoms. The number of hydrogen-bond acceptors (Lipinski definition) is 2. The van der Waals surface area contributed by atoms with Crippen molar-refractivity contribution in [1.82, 2.24) is 4.57 Å². The molecule has 3 aliphatic rings. The van der Waals surface area contributed by atoms with Gasteiger partial charge in [0.1, 0.15) is 11.5 Å². The number of anilines is 3. The van der Waals surface area contributed by atoms with Crippen molar-refractivity contribution in [2.24, 2.45) is 0 Å². The van der Waals surface area contributed by atoms with E-state index in [-0.39, 0.29) is 12.1 Å². The van der Waals surface area contributed by atoms with E-state index in [1.807, 2.05) is 0 Å². The van der Waals surface area contributed by atoms with Crippen LogP contribution in [0.2, 0.25) is 0 Å². The summed E-state index contributed by atoms with van der Waals surface area (Å²) in [6.45, 7) is 18.4. The Labute approximate surface area is 346 Å². The molecule has 0 N–H and O–H groups in total. The Morgan fingerprint density at radius 3 is 1.85 bits per heavy atom. The molecule has 3 heterocycles. The summed E-state index contributed by atoms with van der Waals surface area (Å²) < 4.78 is 9.55. The third-order valence-corrected chi connectivity index (χ3v) is 13.9. The van der Waals surface area contributed by atoms with Gasteiger partial charge in [-0.15, -0.1) is 0 Å². The zero-order valence-electron chi connectivity index (χ0n) is 35.0. The van der Waals surface area contributed by atoms with Crippen molar-refractivity contribution >= 4 is 72.7 Å². The van der Waals surface area contributed by atoms with Crippen LogP contribution in [0.5, 0.6) is 11.5 Å². The molecule has 1 aromatic heterocycles. The van der Waals surface area contributed by atoms with Gasteiger partial charge in [0.25, 0.3) is 6.71 Å². The number of ether oxygens (including phenoxy) is 1. The molecule has 0 bridgehead atoms. The molecule has 0 atom stereocenters. The van der Waals surface area contributed by atoms with Crippen LogP contribution < -0.4 is 26.0 Å². The number of aromatic nitrogens is 1. The lowest BCUT2D eigenvalue weighted by Crippen LogP contribution is -2.58. The van der Waals surface area contributed by atoms with Crippen molar-refractivity contribution in [2.45, 2.75) is 60.8 Å². The fourth-order valence-corrected chi connectivity index (χ4v) is 11.7. The number of nitrogens with zero attached hydrogens (tertiary/aromatic N) is 2. The van der Waals surface area contributed by atoms with Gasteiger partial charge in [-0.3, -0.25) is 0 Å². The third kappa shape index (κ3) is 4.49. The lowest BCUT2D eigenvalue weighted by molar-refractivity contribution is 0.487. The van der Waals surface area contributed by atoms with Crippen LogP contribution in [0.3, 0.4) is 0 Å². The van der Waals surface area contributed by atoms with Gasteiger partial charge in [0.05, 0.1) is 22.6 Å². The summed E-state index contributed by atoms with van der Waals surface area (Å²) >= 11 is 0. The Balaban J connectivity index is 1.12. The smallest absolute Gasteiger partial charge is 0.256 e. The molecule has 0 saturated carbocycles. The van der Waals surface area contributed by atoms with E-state index in [0.717, 1.165) is 11.5 Å². The molecule has 0 saturated heterocycles. The van der Waals surface area contributed by atoms with Gasteiger partial charge < -0.3 is 14.2 Å². The van der Waals surface area contributed by atoms with Crippen molar-refractivity contribution in [2.75, 3.05) is 4.90 Å². The Hall–Kier alpha value is -6.52. The number of para-hydroxylation sites is 2. The number of aryl methyl sites for hydroxylation is 6. The highest BCUT2D eigenvalue weighted by Crippen LogP contribution is 2.56. The van der Waals surface area contributed by atoms with E-state index in [1.54, 1.807) is 0 Å². The molecule has 12 rings (SSSR count). The molecule has 0 fully saturated rings. The van der Waals surface area contributed by atoms with Gasteiger partial charge in [0, 0.05) is 32.8 Å². The van der Waals surface area contributed by atoms with Crippen LogP contribution in [-0.2, 0) is 5.41 Å². The van der Waals surface area contributed by atoms with Crippen molar-refractivity contribution in [3.8, 4) is 28.3 Å². The first-order valence-corrected chi connectivity index (χ1v) is 21.1. The van der Waals surface area contributed by atoms with Crippen LogP contribution in [0.1, 0.15) is 58.4 Å². The standard InChI is InChI=1S/C55H45BN2O/c1-30-23-32(3)52(33(4)24-30)58(53-34(5)25-31(2)26-35(53)6)47-29-42-50(38-17-10-9-15-36(38)47)40-27-49-44(28-41(40)55(42,7)8)56-43-19-13-18-39-37-16-11-12-20-45(37)57(54(39)43)46-21-14-22-48(59-49)51(46)56/h9-29H,1-8H3. The van der Waals surface area contributed by atoms with E-state index in [2.05, 4.69) is 192 Å². The Kier molecular flexibility index (Phi) is 6.90. The molecule has 9 aromatic rings. The van der Waals surface area contributed by atoms with E-state index in [4.69, 9.17) is 4.74 Å². The molecule has 59 heavy (non-hydrogen) atoms. The largest absolute Gasteiger partial charge is 0.458 e. The van der Waals surface area contributed by atoms with Gasteiger partial charge in [-0.1, -0.05) is 122 Å². The van der Waals surface area contributed by atoms with E-state index >= 15 is 0 Å². The average molecular weight is 761 g/mol. The van der Waals surface area contributed by atoms with Gasteiger partial charge in [-0.05, 0) is 138 Å². The van der Waals surface area contributed by atoms with E-state index in [0.29, 0.717) is 0 Å². The summed E-state index contributed by atoms with van der Waals surface area (Å²) in [5, 5.41) is 5.11. The third-order valence-electron chi connectivity index (χ3n) is 13.9. The fraction of sp³-hybridized carbons (Fsp3) is 0.164. The molecule has 284 valence electrons. The molecule has 1 aliphatic carbocycles. The second-order valence-electron chi connectivity index (χ2n) is 18.1. The second-order valence-corrected chi connectivity index (χ2v) is 18.1. The maximum Gasteiger partial charge on any atom is 0.256 e. The van der Waals surface area contributed by atoms with E-state index in [9.17, 15) is 0 Å². The first-order chi connectivity index (χ1) is 28.5. The molecule has 3 nitrogen and oxygen atoms in total. The zero-order valence-corrected chi connectivity index (χ0v) is 35.0. The number of rotatable bonds is 3. The average Bonchev–Trinajstić information content (AvgIpc) is 3.66. The lowest BCUT2D eigenvalue weighted by atomic mass is 9.34. The maximum atomic E-state index is 7.07. The summed E-state index contributed by atoms with van der Waals surface area (Å²) in [6.07, 6.45) is 0. The predicted octanol–water partition coefficient (Wildman–Crippen LogP) is 12.5. The first kappa shape index (κ1) is 34.5. The number of fused-ring (bicyclic) bond motifs is 12. The molecule has 0 radical (unpaired) electrons. The summed E-state index contributed by atoms with van der Waals surface area (Å²) in [7, 11) is 0. The van der Waals surface area contributed by atoms with Crippen LogP contribution >= 0.6 is 0 Å². The summed E-state index contributed by atoms with van der Waals surface area (Å²) in [5.41, 5.74) is 24.0. The molecule has 0 unspecified atom stereocenters. The van der Waals surface area contributed by atoms with Gasteiger partial charge in [0.15, 0.2) is 0 Å². The summed E-state index contributed by atoms with van der Waals surface area (Å²) in [6, 6.07) is 48.2. The molecular weight excluding hydrogens is 715 g/mol. The van der Waals surface area contributed by atoms with Gasteiger partial charge >= 0.3 is 0 Å². The first-order valence-electron chi connectivity index (χ1n) is 21.1. The van der Waals surface area contributed by atoms with Crippen LogP contribution in [0.4, 0.5) is 17.1 Å². The highest BCUT2D eigenvalue weighted by Gasteiger charge is 2.44. The Bertz CT molecular complexity index is 3260. The van der Waals surface area contributed by atoms with Crippen LogP contribution in [-0.4, -0.2) is 11.3 Å². The predicted molar refractivity (Wildman–Crippen MR) is 250 cm³/mol. The summed E-state index contributed by atoms with van der Waals surface area (Å²) in [4.78, 5) is 2.59. The van der Waals surface area contributed by atoms with E-state index < -0.39 is 0 Å². The normalized spacial score (nSPS) is 14.0. The summed E-state index contributed by atoms with van der Waals surface area (Å²) in [5.74, 6) is 1.90. The van der Waals surface area contributed by atoms with Crippen LogP contribution in [0.15, 0.2) is 127 Å². The van der Waals surface area contributed by atoms with Crippen LogP contribution in [0.25, 0.3) is 49.4 Å². The van der Waals surface area contributed by atoms with Crippen molar-refractivity contribution in [3.05, 3.63) is 172 Å². The number of hydrogen-bond donors (Lipinski definition) is 0. The van der Waals surface area contributed by atoms with Gasteiger partial charge in [-0.2, -0.15) is 0 Å². The minimum atomic E-state index is -0.283. The number of benzene rings is 8. The quantitative estimate of drug-likeness (QED) is 0.167. The molecule has 8 aromatic carbocycles. The SMILES string of the molecule is Cc1cc(C)c(N(c2c(C)cc(C)cc2C)c2cc3c(c4ccccc24)-c2cc4c(cc2C3(C)C)B2c3c(cccc3-n3c5ccccc5c5cccc2c53)O4)c(C)c1. The van der Waals surface area contributed by atoms with Gasteiger partial charge in [0.2, 0.25) is 0 Å².